The van der Waals surface area contributed by atoms with Gasteiger partial charge in [-0.3, -0.25) is 0 Å². The normalized spacial score (nSPS) is 19.9. The molecule has 0 bridgehead atoms. The summed E-state index contributed by atoms with van der Waals surface area (Å²) in [6.07, 6.45) is 3.77. The average Bonchev–Trinajstić information content (AvgIpc) is 2.50. The smallest absolute Gasteiger partial charge is 0.346 e. The monoisotopic (exact) mass is 146 g/mol. The Bertz CT molecular complexity index is 158. The number of rotatable bonds is 2. The van der Waals surface area contributed by atoms with Crippen molar-refractivity contribution in [1.29, 1.82) is 0 Å². The molecule has 0 heterocycles. The molecule has 0 aromatic carbocycles. The third-order valence-corrected chi connectivity index (χ3v) is 1.50. The van der Waals surface area contributed by atoms with E-state index in [0.717, 1.165) is 12.8 Å². The van der Waals surface area contributed by atoms with Gasteiger partial charge in [0.2, 0.25) is 0 Å². The molecule has 1 fully saturated rings. The van der Waals surface area contributed by atoms with Crippen LogP contribution in [0.2, 0.25) is 0 Å². The van der Waals surface area contributed by atoms with E-state index in [4.69, 9.17) is 16.7 Å². The average molecular weight is 147 g/mol. The highest BCUT2D eigenvalue weighted by Gasteiger charge is 2.20. The van der Waals surface area contributed by atoms with Crippen molar-refractivity contribution >= 4 is 17.6 Å². The maximum Gasteiger partial charge on any atom is 0.346 e. The number of carbonyl (C=O) groups is 1. The van der Waals surface area contributed by atoms with E-state index in [1.54, 1.807) is 6.08 Å². The van der Waals surface area contributed by atoms with Gasteiger partial charge in [0.05, 0.1) is 0 Å². The zero-order valence-electron chi connectivity index (χ0n) is 4.80. The first-order valence-corrected chi connectivity index (χ1v) is 3.18. The van der Waals surface area contributed by atoms with E-state index in [2.05, 4.69) is 0 Å². The molecule has 0 amide bonds. The molecule has 3 heteroatoms. The highest BCUT2D eigenvalue weighted by molar-refractivity contribution is 6.40. The first-order chi connectivity index (χ1) is 4.20. The van der Waals surface area contributed by atoms with Crippen molar-refractivity contribution in [2.24, 2.45) is 5.92 Å². The Hall–Kier alpha value is -0.500. The lowest BCUT2D eigenvalue weighted by Gasteiger charge is -1.85. The van der Waals surface area contributed by atoms with Crippen LogP contribution >= 0.6 is 11.6 Å². The SMILES string of the molecule is O=C(O)/C(Cl)=C\C1CC1. The second-order valence-corrected chi connectivity index (χ2v) is 2.56. The fourth-order valence-corrected chi connectivity index (χ4v) is 0.719. The lowest BCUT2D eigenvalue weighted by atomic mass is 10.4. The lowest BCUT2D eigenvalue weighted by molar-refractivity contribution is -0.131. The zero-order valence-corrected chi connectivity index (χ0v) is 5.56. The van der Waals surface area contributed by atoms with Crippen LogP contribution in [0.15, 0.2) is 11.1 Å². The van der Waals surface area contributed by atoms with Crippen molar-refractivity contribution in [2.75, 3.05) is 0 Å². The van der Waals surface area contributed by atoms with Crippen molar-refractivity contribution in [3.8, 4) is 0 Å². The summed E-state index contributed by atoms with van der Waals surface area (Å²) in [7, 11) is 0. The molecule has 1 rings (SSSR count). The molecule has 1 aliphatic carbocycles. The summed E-state index contributed by atoms with van der Waals surface area (Å²) in [5.74, 6) is -0.586. The van der Waals surface area contributed by atoms with Crippen LogP contribution in [-0.4, -0.2) is 11.1 Å². The summed E-state index contributed by atoms with van der Waals surface area (Å²) in [6, 6.07) is 0. The minimum atomic E-state index is -1.02. The number of halogens is 1. The zero-order chi connectivity index (χ0) is 6.85. The van der Waals surface area contributed by atoms with Crippen LogP contribution in [0.25, 0.3) is 0 Å². The van der Waals surface area contributed by atoms with Crippen molar-refractivity contribution in [1.82, 2.24) is 0 Å². The molecule has 9 heavy (non-hydrogen) atoms. The maximum atomic E-state index is 10.1. The second-order valence-electron chi connectivity index (χ2n) is 2.16. The Morgan fingerprint density at radius 1 is 1.67 bits per heavy atom. The van der Waals surface area contributed by atoms with Crippen LogP contribution in [0.3, 0.4) is 0 Å². The fraction of sp³-hybridized carbons (Fsp3) is 0.500. The number of aliphatic carboxylic acids is 1. The standard InChI is InChI=1S/C6H7ClO2/c7-5(6(8)9)3-4-1-2-4/h3-4H,1-2H2,(H,8,9)/b5-3+. The van der Waals surface area contributed by atoms with Gasteiger partial charge in [-0.2, -0.15) is 0 Å². The third kappa shape index (κ3) is 2.06. The topological polar surface area (TPSA) is 37.3 Å². The van der Waals surface area contributed by atoms with Gasteiger partial charge in [-0.25, -0.2) is 4.79 Å². The van der Waals surface area contributed by atoms with Gasteiger partial charge in [0.1, 0.15) is 5.03 Å². The van der Waals surface area contributed by atoms with Crippen LogP contribution in [0, 0.1) is 5.92 Å². The first-order valence-electron chi connectivity index (χ1n) is 2.81. The molecule has 0 spiro atoms. The quantitative estimate of drug-likeness (QED) is 0.601. The summed E-state index contributed by atoms with van der Waals surface area (Å²) in [5, 5.41) is 8.21. The van der Waals surface area contributed by atoms with Gasteiger partial charge in [-0.05, 0) is 18.8 Å². The minimum Gasteiger partial charge on any atom is -0.477 e. The minimum absolute atomic E-state index is 0.0440. The number of carboxylic acid groups (broad SMARTS) is 1. The van der Waals surface area contributed by atoms with E-state index in [9.17, 15) is 4.79 Å². The van der Waals surface area contributed by atoms with E-state index in [1.807, 2.05) is 0 Å². The molecule has 1 N–H and O–H groups in total. The molecule has 50 valence electrons. The van der Waals surface area contributed by atoms with E-state index in [1.165, 1.54) is 0 Å². The summed E-state index contributed by atoms with van der Waals surface area (Å²) in [4.78, 5) is 10.1. The number of carboxylic acids is 1. The highest BCUT2D eigenvalue weighted by Crippen LogP contribution is 2.31. The molecule has 0 aromatic rings. The molecule has 0 radical (unpaired) electrons. The van der Waals surface area contributed by atoms with Crippen molar-refractivity contribution < 1.29 is 9.90 Å². The first kappa shape index (κ1) is 6.62. The van der Waals surface area contributed by atoms with Crippen LogP contribution < -0.4 is 0 Å². The Morgan fingerprint density at radius 2 is 2.22 bits per heavy atom. The molecule has 1 saturated carbocycles. The van der Waals surface area contributed by atoms with Gasteiger partial charge < -0.3 is 5.11 Å². The molecule has 0 aromatic heterocycles. The van der Waals surface area contributed by atoms with Gasteiger partial charge in [-0.15, -0.1) is 0 Å². The largest absolute Gasteiger partial charge is 0.477 e. The maximum absolute atomic E-state index is 10.1. The van der Waals surface area contributed by atoms with Gasteiger partial charge in [0.15, 0.2) is 0 Å². The number of hydrogen-bond acceptors (Lipinski definition) is 1. The Kier molecular flexibility index (Phi) is 1.76. The summed E-state index contributed by atoms with van der Waals surface area (Å²) < 4.78 is 0. The van der Waals surface area contributed by atoms with Crippen LogP contribution in [0.5, 0.6) is 0 Å². The van der Waals surface area contributed by atoms with Crippen LogP contribution in [0.4, 0.5) is 0 Å². The number of hydrogen-bond donors (Lipinski definition) is 1. The van der Waals surface area contributed by atoms with E-state index < -0.39 is 5.97 Å². The Balaban J connectivity index is 2.46. The summed E-state index contributed by atoms with van der Waals surface area (Å²) in [5.41, 5.74) is 0. The van der Waals surface area contributed by atoms with E-state index in [-0.39, 0.29) is 5.03 Å². The lowest BCUT2D eigenvalue weighted by Crippen LogP contribution is -1.93. The number of allylic oxidation sites excluding steroid dienone is 1. The molecule has 0 unspecified atom stereocenters. The molecule has 0 aliphatic heterocycles. The molecule has 2 nitrogen and oxygen atoms in total. The van der Waals surface area contributed by atoms with Gasteiger partial charge in [-0.1, -0.05) is 17.7 Å². The Morgan fingerprint density at radius 3 is 2.56 bits per heavy atom. The molecular weight excluding hydrogens is 140 g/mol. The predicted octanol–water partition coefficient (Wildman–Crippen LogP) is 1.60. The fourth-order valence-electron chi connectivity index (χ4n) is 0.541. The highest BCUT2D eigenvalue weighted by atomic mass is 35.5. The molecular formula is C6H7ClO2. The van der Waals surface area contributed by atoms with Crippen LogP contribution in [-0.2, 0) is 4.79 Å². The van der Waals surface area contributed by atoms with Crippen molar-refractivity contribution in [3.63, 3.8) is 0 Å². The van der Waals surface area contributed by atoms with Crippen molar-refractivity contribution in [2.45, 2.75) is 12.8 Å². The van der Waals surface area contributed by atoms with Crippen LogP contribution in [0.1, 0.15) is 12.8 Å². The molecule has 1 aliphatic rings. The van der Waals surface area contributed by atoms with E-state index in [0.29, 0.717) is 5.92 Å². The van der Waals surface area contributed by atoms with E-state index >= 15 is 0 Å². The van der Waals surface area contributed by atoms with Gasteiger partial charge in [0, 0.05) is 0 Å². The molecule has 0 saturated heterocycles. The Labute approximate surface area is 58.1 Å². The summed E-state index contributed by atoms with van der Waals surface area (Å²) >= 11 is 5.31. The predicted molar refractivity (Wildman–Crippen MR) is 34.3 cm³/mol. The van der Waals surface area contributed by atoms with Gasteiger partial charge >= 0.3 is 5.97 Å². The van der Waals surface area contributed by atoms with Crippen molar-refractivity contribution in [3.05, 3.63) is 11.1 Å². The third-order valence-electron chi connectivity index (χ3n) is 1.21. The second kappa shape index (κ2) is 2.40. The molecule has 0 atom stereocenters. The van der Waals surface area contributed by atoms with Gasteiger partial charge in [0.25, 0.3) is 0 Å². The summed E-state index contributed by atoms with van der Waals surface area (Å²) in [6.45, 7) is 0.